The molecule has 6 heteroatoms. The molecule has 0 fully saturated rings. The number of carboxylic acids is 1. The van der Waals surface area contributed by atoms with Crippen molar-refractivity contribution in [3.8, 4) is 0 Å². The molecular weight excluding hydrogens is 162 g/mol. The van der Waals surface area contributed by atoms with Crippen molar-refractivity contribution in [3.05, 3.63) is 17.7 Å². The van der Waals surface area contributed by atoms with Crippen LogP contribution < -0.4 is 0 Å². The van der Waals surface area contributed by atoms with E-state index in [1.165, 1.54) is 0 Å². The van der Waals surface area contributed by atoms with Gasteiger partial charge in [0.2, 0.25) is 0 Å². The molecule has 0 spiro atoms. The molecule has 0 bridgehead atoms. The molecule has 0 aromatic carbocycles. The highest BCUT2D eigenvalue weighted by Crippen LogP contribution is 1.92. The summed E-state index contributed by atoms with van der Waals surface area (Å²) in [6, 6.07) is 0. The second-order valence-corrected chi connectivity index (χ2v) is 2.02. The van der Waals surface area contributed by atoms with Gasteiger partial charge in [-0.3, -0.25) is 4.79 Å². The summed E-state index contributed by atoms with van der Waals surface area (Å²) in [4.78, 5) is 24.5. The van der Waals surface area contributed by atoms with Gasteiger partial charge in [-0.2, -0.15) is 0 Å². The average Bonchev–Trinajstić information content (AvgIpc) is 2.04. The number of nitrogens with zero attached hydrogens (tertiary/aromatic N) is 3. The zero-order chi connectivity index (χ0) is 9.14. The Morgan fingerprint density at radius 2 is 2.08 bits per heavy atom. The summed E-state index contributed by atoms with van der Waals surface area (Å²) in [6.45, 7) is 1.59. The molecule has 0 aliphatic carbocycles. The van der Waals surface area contributed by atoms with E-state index in [0.717, 1.165) is 6.20 Å². The van der Waals surface area contributed by atoms with Crippen LogP contribution in [-0.4, -0.2) is 32.0 Å². The van der Waals surface area contributed by atoms with Gasteiger partial charge in [0, 0.05) is 0 Å². The molecule has 0 unspecified atom stereocenters. The third kappa shape index (κ3) is 1.60. The molecule has 1 rings (SSSR count). The Bertz CT molecular complexity index is 319. The molecule has 0 saturated carbocycles. The summed E-state index contributed by atoms with van der Waals surface area (Å²) in [5.74, 6) is -2.28. The monoisotopic (exact) mass is 167 g/mol. The van der Waals surface area contributed by atoms with E-state index in [0.29, 0.717) is 5.82 Å². The Hall–Kier alpha value is -1.85. The first kappa shape index (κ1) is 8.25. The molecule has 0 saturated heterocycles. The predicted molar refractivity (Wildman–Crippen MR) is 36.5 cm³/mol. The first-order chi connectivity index (χ1) is 5.61. The fraction of sp³-hybridized carbons (Fsp3) is 0.167. The van der Waals surface area contributed by atoms with Gasteiger partial charge in [0.1, 0.15) is 5.82 Å². The van der Waals surface area contributed by atoms with Gasteiger partial charge in [-0.05, 0) is 6.92 Å². The Morgan fingerprint density at radius 1 is 1.42 bits per heavy atom. The lowest BCUT2D eigenvalue weighted by atomic mass is 10.3. The van der Waals surface area contributed by atoms with Crippen molar-refractivity contribution in [2.75, 3.05) is 0 Å². The number of carbonyl (C=O) groups excluding carboxylic acids is 1. The quantitative estimate of drug-likeness (QED) is 0.469. The number of Topliss-reactive ketones (excluding diaryl/α,β-unsaturated/α-hetero) is 1. The number of hydrogen-bond donors (Lipinski definition) is 1. The third-order valence-electron chi connectivity index (χ3n) is 1.10. The topological polar surface area (TPSA) is 93.0 Å². The van der Waals surface area contributed by atoms with Crippen LogP contribution in [0.25, 0.3) is 0 Å². The Morgan fingerprint density at radius 3 is 2.50 bits per heavy atom. The van der Waals surface area contributed by atoms with Crippen molar-refractivity contribution in [1.82, 2.24) is 15.2 Å². The predicted octanol–water partition coefficient (Wildman–Crippen LogP) is -0.553. The molecule has 12 heavy (non-hydrogen) atoms. The van der Waals surface area contributed by atoms with E-state index in [4.69, 9.17) is 5.11 Å². The first-order valence-corrected chi connectivity index (χ1v) is 3.05. The van der Waals surface area contributed by atoms with Crippen LogP contribution in [0, 0.1) is 6.92 Å². The normalized spacial score (nSPS) is 9.42. The van der Waals surface area contributed by atoms with Crippen LogP contribution in [0.3, 0.4) is 0 Å². The molecule has 62 valence electrons. The van der Waals surface area contributed by atoms with Crippen LogP contribution in [0.2, 0.25) is 0 Å². The smallest absolute Gasteiger partial charge is 0.379 e. The highest BCUT2D eigenvalue weighted by molar-refractivity contribution is 6.39. The summed E-state index contributed by atoms with van der Waals surface area (Å²) in [5, 5.41) is 15.1. The summed E-state index contributed by atoms with van der Waals surface area (Å²) in [5.41, 5.74) is -0.256. The average molecular weight is 167 g/mol. The van der Waals surface area contributed by atoms with Gasteiger partial charge in [-0.1, -0.05) is 0 Å². The minimum absolute atomic E-state index is 0.256. The van der Waals surface area contributed by atoms with Gasteiger partial charge in [-0.15, -0.1) is 10.2 Å². The van der Waals surface area contributed by atoms with E-state index in [1.807, 2.05) is 0 Å². The largest absolute Gasteiger partial charge is 0.475 e. The summed E-state index contributed by atoms with van der Waals surface area (Å²) < 4.78 is 0. The maximum absolute atomic E-state index is 10.7. The Kier molecular flexibility index (Phi) is 2.09. The van der Waals surface area contributed by atoms with E-state index >= 15 is 0 Å². The van der Waals surface area contributed by atoms with Crippen LogP contribution in [0.5, 0.6) is 0 Å². The van der Waals surface area contributed by atoms with Crippen LogP contribution >= 0.6 is 0 Å². The van der Waals surface area contributed by atoms with E-state index in [1.54, 1.807) is 6.92 Å². The number of hydrogen-bond acceptors (Lipinski definition) is 5. The second-order valence-electron chi connectivity index (χ2n) is 2.02. The first-order valence-electron chi connectivity index (χ1n) is 3.05. The van der Waals surface area contributed by atoms with E-state index in [2.05, 4.69) is 15.2 Å². The summed E-state index contributed by atoms with van der Waals surface area (Å²) >= 11 is 0. The number of aryl methyl sites for hydroxylation is 1. The van der Waals surface area contributed by atoms with Gasteiger partial charge < -0.3 is 5.11 Å². The fourth-order valence-electron chi connectivity index (χ4n) is 0.546. The Labute approximate surface area is 67.3 Å². The van der Waals surface area contributed by atoms with Gasteiger partial charge >= 0.3 is 5.97 Å². The molecule has 1 N–H and O–H groups in total. The molecule has 0 radical (unpaired) electrons. The molecule has 1 aromatic rings. The molecule has 0 atom stereocenters. The van der Waals surface area contributed by atoms with Crippen molar-refractivity contribution in [3.63, 3.8) is 0 Å². The second kappa shape index (κ2) is 3.04. The van der Waals surface area contributed by atoms with Crippen LogP contribution in [0.4, 0.5) is 0 Å². The highest BCUT2D eigenvalue weighted by Gasteiger charge is 2.16. The van der Waals surface area contributed by atoms with Gasteiger partial charge in [0.25, 0.3) is 5.78 Å². The molecule has 1 aromatic heterocycles. The number of carbonyl (C=O) groups is 2. The fourth-order valence-corrected chi connectivity index (χ4v) is 0.546. The number of rotatable bonds is 2. The molecular formula is C6H5N3O3. The number of aliphatic carboxylic acids is 1. The molecule has 1 heterocycles. The van der Waals surface area contributed by atoms with Gasteiger partial charge in [0.05, 0.1) is 6.20 Å². The van der Waals surface area contributed by atoms with Crippen molar-refractivity contribution in [2.45, 2.75) is 6.92 Å². The van der Waals surface area contributed by atoms with Crippen LogP contribution in [0.1, 0.15) is 16.3 Å². The summed E-state index contributed by atoms with van der Waals surface area (Å²) in [6.07, 6.45) is 1.08. The third-order valence-corrected chi connectivity index (χ3v) is 1.10. The molecule has 0 aliphatic rings. The van der Waals surface area contributed by atoms with Crippen LogP contribution in [-0.2, 0) is 4.79 Å². The lowest BCUT2D eigenvalue weighted by molar-refractivity contribution is -0.131. The molecule has 6 nitrogen and oxygen atoms in total. The van der Waals surface area contributed by atoms with E-state index < -0.39 is 11.8 Å². The van der Waals surface area contributed by atoms with E-state index in [-0.39, 0.29) is 5.69 Å². The van der Waals surface area contributed by atoms with Crippen molar-refractivity contribution < 1.29 is 14.7 Å². The number of ketones is 1. The highest BCUT2D eigenvalue weighted by atomic mass is 16.4. The molecule has 0 amide bonds. The maximum Gasteiger partial charge on any atom is 0.379 e. The summed E-state index contributed by atoms with van der Waals surface area (Å²) in [7, 11) is 0. The Balaban J connectivity index is 2.98. The van der Waals surface area contributed by atoms with Crippen molar-refractivity contribution >= 4 is 11.8 Å². The van der Waals surface area contributed by atoms with E-state index in [9.17, 15) is 9.59 Å². The number of carboxylic acid groups (broad SMARTS) is 1. The lowest BCUT2D eigenvalue weighted by Crippen LogP contribution is -2.15. The number of aromatic nitrogens is 3. The zero-order valence-electron chi connectivity index (χ0n) is 6.18. The van der Waals surface area contributed by atoms with Crippen molar-refractivity contribution in [1.29, 1.82) is 0 Å². The minimum atomic E-state index is -1.56. The standard InChI is InChI=1S/C6H5N3O3/c1-3-7-2-4(9-8-3)5(10)6(11)12/h2H,1H3,(H,11,12). The van der Waals surface area contributed by atoms with Crippen LogP contribution in [0.15, 0.2) is 6.20 Å². The van der Waals surface area contributed by atoms with Gasteiger partial charge in [-0.25, -0.2) is 9.78 Å². The maximum atomic E-state index is 10.7. The lowest BCUT2D eigenvalue weighted by Gasteiger charge is -1.92. The zero-order valence-corrected chi connectivity index (χ0v) is 6.18. The van der Waals surface area contributed by atoms with Crippen molar-refractivity contribution in [2.24, 2.45) is 0 Å². The SMILES string of the molecule is Cc1ncc(C(=O)C(=O)O)nn1. The van der Waals surface area contributed by atoms with Gasteiger partial charge in [0.15, 0.2) is 5.69 Å². The minimum Gasteiger partial charge on any atom is -0.475 e. The molecule has 0 aliphatic heterocycles.